The Hall–Kier alpha value is -2.67. The SMILES string of the molecule is CC(=O)NCc1cc2cc(Cl)c(-c3ccc(OC(F)F)nc3)cc2[nH]1. The number of carbonyl (C=O) groups excluding carboxylic acids is 1. The van der Waals surface area contributed by atoms with Crippen molar-refractivity contribution in [3.63, 3.8) is 0 Å². The number of pyridine rings is 1. The van der Waals surface area contributed by atoms with Crippen LogP contribution in [0.3, 0.4) is 0 Å². The highest BCUT2D eigenvalue weighted by Crippen LogP contribution is 2.32. The number of amides is 1. The molecule has 0 bridgehead atoms. The lowest BCUT2D eigenvalue weighted by molar-refractivity contribution is -0.119. The summed E-state index contributed by atoms with van der Waals surface area (Å²) < 4.78 is 28.6. The monoisotopic (exact) mass is 365 g/mol. The molecule has 0 aliphatic rings. The van der Waals surface area contributed by atoms with Crippen molar-refractivity contribution in [1.29, 1.82) is 0 Å². The number of alkyl halides is 2. The average molecular weight is 366 g/mol. The third kappa shape index (κ3) is 4.06. The Morgan fingerprint density at radius 3 is 2.80 bits per heavy atom. The van der Waals surface area contributed by atoms with Gasteiger partial charge in [0.25, 0.3) is 0 Å². The molecule has 0 atom stereocenters. The van der Waals surface area contributed by atoms with Gasteiger partial charge >= 0.3 is 6.61 Å². The summed E-state index contributed by atoms with van der Waals surface area (Å²) in [5.41, 5.74) is 3.06. The van der Waals surface area contributed by atoms with E-state index in [1.165, 1.54) is 19.2 Å². The molecule has 0 spiro atoms. The lowest BCUT2D eigenvalue weighted by Gasteiger charge is -2.07. The van der Waals surface area contributed by atoms with Crippen LogP contribution in [0, 0.1) is 0 Å². The summed E-state index contributed by atoms with van der Waals surface area (Å²) in [6, 6.07) is 8.51. The molecular weight excluding hydrogens is 352 g/mol. The van der Waals surface area contributed by atoms with Gasteiger partial charge in [-0.15, -0.1) is 0 Å². The number of H-pyrrole nitrogens is 1. The Kier molecular flexibility index (Phi) is 4.85. The van der Waals surface area contributed by atoms with E-state index in [-0.39, 0.29) is 11.8 Å². The van der Waals surface area contributed by atoms with Crippen molar-refractivity contribution in [2.24, 2.45) is 0 Å². The second kappa shape index (κ2) is 7.06. The largest absolute Gasteiger partial charge is 0.417 e. The first-order valence-corrected chi connectivity index (χ1v) is 7.77. The Morgan fingerprint density at radius 1 is 1.36 bits per heavy atom. The number of ether oxygens (including phenoxy) is 1. The predicted octanol–water partition coefficient (Wildman–Crippen LogP) is 4.12. The van der Waals surface area contributed by atoms with E-state index in [0.717, 1.165) is 16.6 Å². The highest BCUT2D eigenvalue weighted by molar-refractivity contribution is 6.34. The maximum atomic E-state index is 12.2. The first kappa shape index (κ1) is 17.2. The Labute approximate surface area is 147 Å². The number of aromatic nitrogens is 2. The van der Waals surface area contributed by atoms with E-state index in [9.17, 15) is 13.6 Å². The number of nitrogens with zero attached hydrogens (tertiary/aromatic N) is 1. The van der Waals surface area contributed by atoms with Crippen molar-refractivity contribution in [3.8, 4) is 17.0 Å². The van der Waals surface area contributed by atoms with Gasteiger partial charge in [0.05, 0.1) is 6.54 Å². The van der Waals surface area contributed by atoms with Gasteiger partial charge in [-0.25, -0.2) is 4.98 Å². The average Bonchev–Trinajstić information content (AvgIpc) is 2.94. The van der Waals surface area contributed by atoms with Gasteiger partial charge in [-0.1, -0.05) is 11.6 Å². The Morgan fingerprint density at radius 2 is 2.16 bits per heavy atom. The third-order valence-corrected chi connectivity index (χ3v) is 3.86. The molecule has 3 aromatic rings. The number of carbonyl (C=O) groups is 1. The van der Waals surface area contributed by atoms with E-state index in [1.807, 2.05) is 12.1 Å². The van der Waals surface area contributed by atoms with Crippen molar-refractivity contribution in [1.82, 2.24) is 15.3 Å². The fraction of sp³-hybridized carbons (Fsp3) is 0.176. The quantitative estimate of drug-likeness (QED) is 0.714. The van der Waals surface area contributed by atoms with Crippen LogP contribution in [0.1, 0.15) is 12.6 Å². The van der Waals surface area contributed by atoms with Crippen molar-refractivity contribution < 1.29 is 18.3 Å². The van der Waals surface area contributed by atoms with Gasteiger partial charge in [-0.2, -0.15) is 8.78 Å². The summed E-state index contributed by atoms with van der Waals surface area (Å²) >= 11 is 6.34. The molecule has 2 aromatic heterocycles. The Balaban J connectivity index is 1.90. The van der Waals surface area contributed by atoms with Crippen LogP contribution in [0.5, 0.6) is 5.88 Å². The molecule has 1 aromatic carbocycles. The molecule has 0 unspecified atom stereocenters. The molecule has 8 heteroatoms. The van der Waals surface area contributed by atoms with Crippen LogP contribution in [0.25, 0.3) is 22.0 Å². The number of rotatable bonds is 5. The zero-order chi connectivity index (χ0) is 18.0. The molecule has 5 nitrogen and oxygen atoms in total. The van der Waals surface area contributed by atoms with E-state index in [4.69, 9.17) is 11.6 Å². The second-order valence-electron chi connectivity index (χ2n) is 5.39. The molecule has 0 radical (unpaired) electrons. The first-order chi connectivity index (χ1) is 11.9. The normalized spacial score (nSPS) is 11.1. The van der Waals surface area contributed by atoms with E-state index in [2.05, 4.69) is 20.0 Å². The van der Waals surface area contributed by atoms with Crippen molar-refractivity contribution >= 4 is 28.4 Å². The molecule has 0 saturated heterocycles. The lowest BCUT2D eigenvalue weighted by atomic mass is 10.1. The third-order valence-electron chi connectivity index (χ3n) is 3.55. The van der Waals surface area contributed by atoms with Crippen LogP contribution >= 0.6 is 11.6 Å². The summed E-state index contributed by atoms with van der Waals surface area (Å²) in [4.78, 5) is 18.1. The smallest absolute Gasteiger partial charge is 0.388 e. The van der Waals surface area contributed by atoms with Gasteiger partial charge in [-0.3, -0.25) is 4.79 Å². The number of nitrogens with one attached hydrogen (secondary N) is 2. The van der Waals surface area contributed by atoms with Crippen LogP contribution in [-0.4, -0.2) is 22.5 Å². The van der Waals surface area contributed by atoms with E-state index in [1.54, 1.807) is 12.1 Å². The number of hydrogen-bond donors (Lipinski definition) is 2. The van der Waals surface area contributed by atoms with Crippen LogP contribution in [0.15, 0.2) is 36.5 Å². The minimum absolute atomic E-state index is 0.116. The van der Waals surface area contributed by atoms with Gasteiger partial charge in [0, 0.05) is 51.9 Å². The zero-order valence-corrected chi connectivity index (χ0v) is 13.9. The molecule has 0 aliphatic heterocycles. The van der Waals surface area contributed by atoms with Crippen LogP contribution in [0.4, 0.5) is 8.78 Å². The minimum atomic E-state index is -2.92. The highest BCUT2D eigenvalue weighted by atomic mass is 35.5. The van der Waals surface area contributed by atoms with Gasteiger partial charge < -0.3 is 15.0 Å². The van der Waals surface area contributed by atoms with Gasteiger partial charge in [0.15, 0.2) is 0 Å². The van der Waals surface area contributed by atoms with Crippen LogP contribution in [0.2, 0.25) is 5.02 Å². The second-order valence-corrected chi connectivity index (χ2v) is 5.79. The van der Waals surface area contributed by atoms with Crippen LogP contribution in [-0.2, 0) is 11.3 Å². The number of aromatic amines is 1. The zero-order valence-electron chi connectivity index (χ0n) is 13.1. The summed E-state index contributed by atoms with van der Waals surface area (Å²) in [5, 5.41) is 4.12. The maximum absolute atomic E-state index is 12.2. The first-order valence-electron chi connectivity index (χ1n) is 7.39. The molecule has 25 heavy (non-hydrogen) atoms. The van der Waals surface area contributed by atoms with Gasteiger partial charge in [-0.05, 0) is 24.3 Å². The molecule has 0 aliphatic carbocycles. The molecule has 3 rings (SSSR count). The van der Waals surface area contributed by atoms with E-state index >= 15 is 0 Å². The molecule has 1 amide bonds. The fourth-order valence-corrected chi connectivity index (χ4v) is 2.73. The number of benzene rings is 1. The van der Waals surface area contributed by atoms with Gasteiger partial charge in [0.2, 0.25) is 11.8 Å². The summed E-state index contributed by atoms with van der Waals surface area (Å²) in [6.07, 6.45) is 1.42. The minimum Gasteiger partial charge on any atom is -0.417 e. The topological polar surface area (TPSA) is 67.0 Å². The molecule has 2 heterocycles. The molecule has 130 valence electrons. The molecular formula is C17H14ClF2N3O2. The standard InChI is InChI=1S/C17H14ClF2N3O2/c1-9(24)21-8-12-4-11-5-14(18)13(6-15(11)23-12)10-2-3-16(22-7-10)25-17(19)20/h2-7,17,23H,8H2,1H3,(H,21,24). The van der Waals surface area contributed by atoms with Crippen molar-refractivity contribution in [2.45, 2.75) is 20.1 Å². The van der Waals surface area contributed by atoms with Crippen molar-refractivity contribution in [2.75, 3.05) is 0 Å². The summed E-state index contributed by atoms with van der Waals surface area (Å²) in [7, 11) is 0. The maximum Gasteiger partial charge on any atom is 0.388 e. The number of halogens is 3. The van der Waals surface area contributed by atoms with E-state index in [0.29, 0.717) is 22.7 Å². The molecule has 0 fully saturated rings. The molecule has 2 N–H and O–H groups in total. The summed E-state index contributed by atoms with van der Waals surface area (Å²) in [5.74, 6) is -0.275. The number of hydrogen-bond acceptors (Lipinski definition) is 3. The summed E-state index contributed by atoms with van der Waals surface area (Å²) in [6.45, 7) is -1.08. The predicted molar refractivity (Wildman–Crippen MR) is 90.7 cm³/mol. The fourth-order valence-electron chi connectivity index (χ4n) is 2.45. The van der Waals surface area contributed by atoms with Crippen molar-refractivity contribution in [3.05, 3.63) is 47.2 Å². The van der Waals surface area contributed by atoms with Gasteiger partial charge in [0.1, 0.15) is 0 Å². The van der Waals surface area contributed by atoms with E-state index < -0.39 is 6.61 Å². The lowest BCUT2D eigenvalue weighted by Crippen LogP contribution is -2.18. The highest BCUT2D eigenvalue weighted by Gasteiger charge is 2.11. The Bertz CT molecular complexity index is 910. The molecule has 0 saturated carbocycles. The van der Waals surface area contributed by atoms with Crippen LogP contribution < -0.4 is 10.1 Å². The number of fused-ring (bicyclic) bond motifs is 1.